The SMILES string of the molecule is N[C@](CO)(CSCc1ccccc1)CC(O)(c1ccccc1)c1ccccc1. The summed E-state index contributed by atoms with van der Waals surface area (Å²) >= 11 is 1.67. The Hall–Kier alpha value is -2.11. The van der Waals surface area contributed by atoms with Gasteiger partial charge in [-0.05, 0) is 16.7 Å². The van der Waals surface area contributed by atoms with Crippen molar-refractivity contribution in [3.63, 3.8) is 0 Å². The van der Waals surface area contributed by atoms with Gasteiger partial charge in [-0.3, -0.25) is 0 Å². The minimum atomic E-state index is -1.27. The van der Waals surface area contributed by atoms with Gasteiger partial charge >= 0.3 is 0 Å². The smallest absolute Gasteiger partial charge is 0.116 e. The van der Waals surface area contributed by atoms with E-state index in [2.05, 4.69) is 12.1 Å². The molecule has 3 aromatic carbocycles. The molecule has 4 heteroatoms. The van der Waals surface area contributed by atoms with E-state index < -0.39 is 11.1 Å². The van der Waals surface area contributed by atoms with Gasteiger partial charge in [-0.1, -0.05) is 91.0 Å². The van der Waals surface area contributed by atoms with E-state index in [1.807, 2.05) is 78.9 Å². The predicted molar refractivity (Wildman–Crippen MR) is 117 cm³/mol. The van der Waals surface area contributed by atoms with Crippen LogP contribution in [0.1, 0.15) is 23.1 Å². The highest BCUT2D eigenvalue weighted by Gasteiger charge is 2.40. The number of aliphatic hydroxyl groups is 2. The zero-order valence-electron chi connectivity index (χ0n) is 15.9. The van der Waals surface area contributed by atoms with Crippen LogP contribution in [0.4, 0.5) is 0 Å². The fourth-order valence-corrected chi connectivity index (χ4v) is 4.54. The van der Waals surface area contributed by atoms with Crippen molar-refractivity contribution in [3.8, 4) is 0 Å². The normalized spacial score (nSPS) is 13.8. The molecule has 28 heavy (non-hydrogen) atoms. The molecule has 0 heterocycles. The van der Waals surface area contributed by atoms with Crippen molar-refractivity contribution in [2.24, 2.45) is 5.73 Å². The molecule has 0 amide bonds. The van der Waals surface area contributed by atoms with Crippen molar-refractivity contribution in [1.29, 1.82) is 0 Å². The number of nitrogens with two attached hydrogens (primary N) is 1. The first kappa shape index (κ1) is 20.6. The molecule has 0 spiro atoms. The molecule has 0 saturated heterocycles. The largest absolute Gasteiger partial charge is 0.394 e. The number of thioether (sulfide) groups is 1. The topological polar surface area (TPSA) is 66.5 Å². The molecule has 0 aliphatic rings. The fraction of sp³-hybridized carbons (Fsp3) is 0.250. The number of benzene rings is 3. The van der Waals surface area contributed by atoms with Gasteiger partial charge in [0.25, 0.3) is 0 Å². The van der Waals surface area contributed by atoms with Crippen LogP contribution in [-0.4, -0.2) is 28.1 Å². The van der Waals surface area contributed by atoms with Crippen LogP contribution in [0.3, 0.4) is 0 Å². The highest BCUT2D eigenvalue weighted by molar-refractivity contribution is 7.98. The van der Waals surface area contributed by atoms with Gasteiger partial charge in [0.05, 0.1) is 12.1 Å². The van der Waals surface area contributed by atoms with E-state index in [4.69, 9.17) is 5.73 Å². The van der Waals surface area contributed by atoms with Gasteiger partial charge < -0.3 is 15.9 Å². The number of rotatable bonds is 9. The van der Waals surface area contributed by atoms with Gasteiger partial charge in [0.2, 0.25) is 0 Å². The van der Waals surface area contributed by atoms with Crippen LogP contribution in [0.2, 0.25) is 0 Å². The molecule has 0 aliphatic heterocycles. The van der Waals surface area contributed by atoms with Crippen LogP contribution in [0.5, 0.6) is 0 Å². The molecule has 146 valence electrons. The predicted octanol–water partition coefficient (Wildman–Crippen LogP) is 3.94. The second kappa shape index (κ2) is 9.39. The molecule has 0 bridgehead atoms. The van der Waals surface area contributed by atoms with E-state index in [-0.39, 0.29) is 13.0 Å². The van der Waals surface area contributed by atoms with E-state index in [0.717, 1.165) is 16.9 Å². The molecule has 3 rings (SSSR count). The average molecular weight is 394 g/mol. The first-order valence-electron chi connectivity index (χ1n) is 9.41. The molecule has 0 fully saturated rings. The summed E-state index contributed by atoms with van der Waals surface area (Å²) in [5, 5.41) is 21.8. The molecule has 3 nitrogen and oxygen atoms in total. The van der Waals surface area contributed by atoms with Crippen LogP contribution in [-0.2, 0) is 11.4 Å². The average Bonchev–Trinajstić information content (AvgIpc) is 2.75. The molecule has 0 saturated carbocycles. The van der Waals surface area contributed by atoms with Crippen LogP contribution in [0.25, 0.3) is 0 Å². The Morgan fingerprint density at radius 3 is 1.68 bits per heavy atom. The molecule has 0 aromatic heterocycles. The molecule has 1 atom stereocenters. The van der Waals surface area contributed by atoms with Crippen molar-refractivity contribution in [2.75, 3.05) is 12.4 Å². The Balaban J connectivity index is 1.81. The summed E-state index contributed by atoms with van der Waals surface area (Å²) in [5.74, 6) is 1.36. The molecule has 0 aliphatic carbocycles. The number of aliphatic hydroxyl groups excluding tert-OH is 1. The Bertz CT molecular complexity index is 803. The van der Waals surface area contributed by atoms with E-state index in [9.17, 15) is 10.2 Å². The monoisotopic (exact) mass is 393 g/mol. The van der Waals surface area contributed by atoms with Crippen LogP contribution < -0.4 is 5.73 Å². The lowest BCUT2D eigenvalue weighted by molar-refractivity contribution is 0.0350. The lowest BCUT2D eigenvalue weighted by Gasteiger charge is -2.38. The quantitative estimate of drug-likeness (QED) is 0.515. The summed E-state index contributed by atoms with van der Waals surface area (Å²) in [7, 11) is 0. The first-order chi connectivity index (χ1) is 13.6. The first-order valence-corrected chi connectivity index (χ1v) is 10.6. The lowest BCUT2D eigenvalue weighted by atomic mass is 9.77. The van der Waals surface area contributed by atoms with Gasteiger partial charge in [-0.25, -0.2) is 0 Å². The minimum Gasteiger partial charge on any atom is -0.394 e. The minimum absolute atomic E-state index is 0.198. The highest BCUT2D eigenvalue weighted by Crippen LogP contribution is 2.37. The third-order valence-corrected chi connectivity index (χ3v) is 6.24. The van der Waals surface area contributed by atoms with Crippen molar-refractivity contribution < 1.29 is 10.2 Å². The summed E-state index contributed by atoms with van der Waals surface area (Å²) < 4.78 is 0. The Kier molecular flexibility index (Phi) is 6.92. The second-order valence-corrected chi connectivity index (χ2v) is 8.25. The van der Waals surface area contributed by atoms with Crippen molar-refractivity contribution in [1.82, 2.24) is 0 Å². The lowest BCUT2D eigenvalue weighted by Crippen LogP contribution is -2.52. The number of hydrogen-bond acceptors (Lipinski definition) is 4. The summed E-state index contributed by atoms with van der Waals surface area (Å²) in [6.45, 7) is -0.198. The van der Waals surface area contributed by atoms with E-state index >= 15 is 0 Å². The zero-order chi connectivity index (χ0) is 19.9. The third kappa shape index (κ3) is 5.03. The maximum Gasteiger partial charge on any atom is 0.116 e. The maximum atomic E-state index is 11.7. The zero-order valence-corrected chi connectivity index (χ0v) is 16.7. The Labute approximate surface area is 171 Å². The summed E-state index contributed by atoms with van der Waals surface area (Å²) in [5.41, 5.74) is 7.17. The number of hydrogen-bond donors (Lipinski definition) is 3. The van der Waals surface area contributed by atoms with Gasteiger partial charge in [0, 0.05) is 17.9 Å². The maximum absolute atomic E-state index is 11.7. The fourth-order valence-electron chi connectivity index (χ4n) is 3.41. The third-order valence-electron chi connectivity index (χ3n) is 4.93. The molecule has 4 N–H and O–H groups in total. The van der Waals surface area contributed by atoms with Crippen molar-refractivity contribution >= 4 is 11.8 Å². The highest BCUT2D eigenvalue weighted by atomic mass is 32.2. The summed E-state index contributed by atoms with van der Waals surface area (Å²) in [6, 6.07) is 29.3. The van der Waals surface area contributed by atoms with Crippen LogP contribution in [0, 0.1) is 0 Å². The van der Waals surface area contributed by atoms with Gasteiger partial charge in [-0.15, -0.1) is 0 Å². The van der Waals surface area contributed by atoms with Crippen LogP contribution in [0.15, 0.2) is 91.0 Å². The van der Waals surface area contributed by atoms with Crippen molar-refractivity contribution in [3.05, 3.63) is 108 Å². The van der Waals surface area contributed by atoms with Gasteiger partial charge in [0.15, 0.2) is 0 Å². The Morgan fingerprint density at radius 1 is 0.750 bits per heavy atom. The van der Waals surface area contributed by atoms with Gasteiger partial charge in [0.1, 0.15) is 5.60 Å². The molecular formula is C24H27NO2S. The molecule has 3 aromatic rings. The van der Waals surface area contributed by atoms with E-state index in [1.165, 1.54) is 5.56 Å². The van der Waals surface area contributed by atoms with E-state index in [0.29, 0.717) is 5.75 Å². The second-order valence-electron chi connectivity index (χ2n) is 7.27. The van der Waals surface area contributed by atoms with Crippen LogP contribution >= 0.6 is 11.8 Å². The molecule has 0 unspecified atom stereocenters. The van der Waals surface area contributed by atoms with Gasteiger partial charge in [-0.2, -0.15) is 11.8 Å². The molecule has 0 radical (unpaired) electrons. The Morgan fingerprint density at radius 2 is 1.21 bits per heavy atom. The van der Waals surface area contributed by atoms with Crippen molar-refractivity contribution in [2.45, 2.75) is 23.3 Å². The summed E-state index contributed by atoms with van der Waals surface area (Å²) in [6.07, 6.45) is 0.228. The summed E-state index contributed by atoms with van der Waals surface area (Å²) in [4.78, 5) is 0. The molecular weight excluding hydrogens is 366 g/mol. The van der Waals surface area contributed by atoms with E-state index in [1.54, 1.807) is 11.8 Å². The standard InChI is InChI=1S/C24H27NO2S/c25-23(18-26,19-28-16-20-10-4-1-5-11-20)17-24(27,21-12-6-2-7-13-21)22-14-8-3-9-15-22/h1-15,26-27H,16-19,25H2/t23-/m1/s1.